The van der Waals surface area contributed by atoms with Gasteiger partial charge in [-0.25, -0.2) is 37.5 Å². The van der Waals surface area contributed by atoms with Crippen molar-refractivity contribution in [3.05, 3.63) is 246 Å². The van der Waals surface area contributed by atoms with E-state index in [9.17, 15) is 17.6 Å². The van der Waals surface area contributed by atoms with Crippen molar-refractivity contribution in [2.75, 3.05) is 0 Å². The number of halogens is 6. The third kappa shape index (κ3) is 26.0. The van der Waals surface area contributed by atoms with Gasteiger partial charge in [0.05, 0.1) is 45.6 Å². The molecule has 20 heteroatoms. The molecule has 0 N–H and O–H groups in total. The van der Waals surface area contributed by atoms with Gasteiger partial charge in [0.2, 0.25) is 0 Å². The van der Waals surface area contributed by atoms with E-state index >= 15 is 0 Å². The third-order valence-electron chi connectivity index (χ3n) is 8.08. The van der Waals surface area contributed by atoms with Gasteiger partial charge in [-0.1, -0.05) is 24.3 Å². The summed E-state index contributed by atoms with van der Waals surface area (Å²) in [6, 6.07) is 47.5. The molecular weight excluding hydrogens is 1420 g/mol. The monoisotopic (exact) mass is 1440 g/mol. The molecule has 0 unspecified atom stereocenters. The molecule has 0 saturated carbocycles. The van der Waals surface area contributed by atoms with Gasteiger partial charge < -0.3 is 0 Å². The molecule has 0 saturated heterocycles. The second kappa shape index (κ2) is 48.1. The molecule has 0 aliphatic heterocycles. The summed E-state index contributed by atoms with van der Waals surface area (Å²) in [5.74, 6) is -1.12. The Morgan fingerprint density at radius 1 is 0.236 bits per heavy atom. The molecule has 0 aliphatic carbocycles. The standard InChI is InChI=1S/2C22H14F2N2.8CO.2BrH.2Re/c2*23-17-11-7-15(8-12-17)19-3-1-5-21(25-19)22-6-2-4-20(26-22)16-9-13-18(24)14-10-16;8*1-2;;;;/h2*1-14H;;;;;;;;;2*1H;;/q;;;;;;;;;;;;2*+1/p-2. The summed E-state index contributed by atoms with van der Waals surface area (Å²) in [6.07, 6.45) is 0. The number of rotatable bonds is 6. The molecule has 8 rings (SSSR count). The Bertz CT molecular complexity index is 2470. The van der Waals surface area contributed by atoms with Crippen LogP contribution in [0.5, 0.6) is 0 Å². The molecule has 12 nitrogen and oxygen atoms in total. The Morgan fingerprint density at radius 3 is 0.500 bits per heavy atom. The summed E-state index contributed by atoms with van der Waals surface area (Å²) < 4.78 is 112. The van der Waals surface area contributed by atoms with E-state index in [1.807, 2.05) is 72.8 Å². The van der Waals surface area contributed by atoms with Gasteiger partial charge in [0.1, 0.15) is 23.3 Å². The van der Waals surface area contributed by atoms with Crippen LogP contribution in [-0.4, -0.2) is 19.9 Å². The van der Waals surface area contributed by atoms with Crippen LogP contribution in [0, 0.1) is 76.5 Å². The van der Waals surface area contributed by atoms with Crippen LogP contribution in [0.15, 0.2) is 170 Å². The molecule has 0 spiro atoms. The summed E-state index contributed by atoms with van der Waals surface area (Å²) in [7, 11) is 0. The van der Waals surface area contributed by atoms with Gasteiger partial charge in [0.15, 0.2) is 0 Å². The molecule has 0 atom stereocenters. The van der Waals surface area contributed by atoms with Crippen molar-refractivity contribution in [3.63, 3.8) is 0 Å². The summed E-state index contributed by atoms with van der Waals surface area (Å²) in [6.45, 7) is 36.0. The van der Waals surface area contributed by atoms with Crippen LogP contribution in [0.2, 0.25) is 0 Å². The van der Waals surface area contributed by atoms with Crippen LogP contribution >= 0.6 is 26.9 Å². The van der Waals surface area contributed by atoms with Gasteiger partial charge in [-0.05, 0) is 146 Å². The molecule has 4 aromatic carbocycles. The van der Waals surface area contributed by atoms with Crippen molar-refractivity contribution in [1.82, 2.24) is 19.9 Å². The number of pyridine rings is 4. The van der Waals surface area contributed by atoms with Gasteiger partial charge >= 0.3 is 152 Å². The number of nitrogens with zero attached hydrogens (tertiary/aromatic N) is 4. The first-order valence-electron chi connectivity index (χ1n) is 18.2. The second-order valence-electron chi connectivity index (χ2n) is 11.7. The predicted octanol–water partition coefficient (Wildman–Crippen LogP) is 12.9. The second-order valence-corrected chi connectivity index (χ2v) is 11.7. The predicted molar refractivity (Wildman–Crippen MR) is 246 cm³/mol. The van der Waals surface area contributed by atoms with Crippen LogP contribution in [0.4, 0.5) is 17.6 Å². The molecule has 0 fully saturated rings. The molecule has 0 aliphatic rings. The molecule has 4 aromatic heterocycles. The number of benzene rings is 4. The van der Waals surface area contributed by atoms with Crippen LogP contribution in [0.1, 0.15) is 0 Å². The Balaban J connectivity index is -0.000000477. The first kappa shape index (κ1) is 72.0. The molecule has 360 valence electrons. The molecule has 0 radical (unpaired) electrons. The van der Waals surface area contributed by atoms with E-state index in [4.69, 9.17) is 37.2 Å². The minimum absolute atomic E-state index is 0.279. The van der Waals surface area contributed by atoms with Crippen molar-refractivity contribution in [2.45, 2.75) is 0 Å². The van der Waals surface area contributed by atoms with Crippen LogP contribution < -0.4 is 0 Å². The third-order valence-corrected chi connectivity index (χ3v) is 8.08. The Hall–Kier alpha value is -6.60. The molecule has 0 amide bonds. The molecule has 4 heterocycles. The van der Waals surface area contributed by atoms with Crippen LogP contribution in [0.3, 0.4) is 0 Å². The fourth-order valence-electron chi connectivity index (χ4n) is 5.44. The quantitative estimate of drug-likeness (QED) is 0.0903. The first-order chi connectivity index (χ1) is 35.4. The van der Waals surface area contributed by atoms with E-state index in [0.717, 1.165) is 67.8 Å². The van der Waals surface area contributed by atoms with E-state index < -0.39 is 0 Å². The summed E-state index contributed by atoms with van der Waals surface area (Å²) in [5, 5.41) is 0. The molecule has 8 aromatic rings. The van der Waals surface area contributed by atoms with E-state index in [0.29, 0.717) is 0 Å². The Kier molecular flexibility index (Phi) is 48.0. The van der Waals surface area contributed by atoms with Gasteiger partial charge in [0, 0.05) is 22.3 Å². The van der Waals surface area contributed by atoms with Crippen molar-refractivity contribution >= 4 is 26.9 Å². The van der Waals surface area contributed by atoms with Crippen LogP contribution in [-0.2, 0) is 71.6 Å². The zero-order valence-electron chi connectivity index (χ0n) is 36.2. The fourth-order valence-corrected chi connectivity index (χ4v) is 5.44. The van der Waals surface area contributed by atoms with Gasteiger partial charge in [-0.15, -0.1) is 0 Å². The number of hydrogen-bond donors (Lipinski definition) is 0. The molecule has 0 bridgehead atoms. The first-order valence-corrected chi connectivity index (χ1v) is 30.1. The van der Waals surface area contributed by atoms with Crippen LogP contribution in [0.25, 0.3) is 67.8 Å². The van der Waals surface area contributed by atoms with Gasteiger partial charge in [-0.2, -0.15) is 0 Å². The SMILES string of the molecule is Fc1ccc(-c2cccc(-c3cccc(-c4ccc(F)cc4)n3)n2)cc1.Fc1ccc(-c2cccc(-c3cccc(-c4ccc(F)cc4)n3)n2)cc1.[Br][Re].[Br][Re].[C-]#[O+].[C-]#[O+].[C-]#[O+].[C-]#[O+].[C-]#[O+].[C-]#[O+].[C-]#[O+].[C-]#[O+]. The van der Waals surface area contributed by atoms with Crippen molar-refractivity contribution < 1.29 is 89.1 Å². The fraction of sp³-hybridized carbons (Fsp3) is 0. The maximum absolute atomic E-state index is 13.1. The summed E-state index contributed by atoms with van der Waals surface area (Å²) in [4.78, 5) is 18.6. The van der Waals surface area contributed by atoms with Gasteiger partial charge in [0.25, 0.3) is 0 Å². The molecule has 72 heavy (non-hydrogen) atoms. The topological polar surface area (TPSA) is 211 Å². The minimum atomic E-state index is -0.279. The van der Waals surface area contributed by atoms with Crippen molar-refractivity contribution in [1.29, 1.82) is 0 Å². The van der Waals surface area contributed by atoms with Crippen molar-refractivity contribution in [3.8, 4) is 67.8 Å². The normalized spacial score (nSPS) is 8.11. The molecular formula is C52H28Br2F4N4O8Re2. The van der Waals surface area contributed by atoms with Gasteiger partial charge in [-0.3, -0.25) is 0 Å². The average molecular weight is 1450 g/mol. The van der Waals surface area contributed by atoms with E-state index in [1.165, 1.54) is 82.9 Å². The van der Waals surface area contributed by atoms with E-state index in [1.54, 1.807) is 48.5 Å². The Labute approximate surface area is 446 Å². The summed E-state index contributed by atoms with van der Waals surface area (Å²) in [5.41, 5.74) is 9.20. The van der Waals surface area contributed by atoms with E-state index in [-0.39, 0.29) is 23.3 Å². The number of hydrogen-bond acceptors (Lipinski definition) is 4. The summed E-state index contributed by atoms with van der Waals surface area (Å²) >= 11 is 9.06. The zero-order valence-corrected chi connectivity index (χ0v) is 44.8. The number of aromatic nitrogens is 4. The van der Waals surface area contributed by atoms with Crippen molar-refractivity contribution in [2.24, 2.45) is 0 Å². The average Bonchev–Trinajstić information content (AvgIpc) is 3.49. The zero-order chi connectivity index (χ0) is 55.9. The maximum atomic E-state index is 13.1. The Morgan fingerprint density at radius 2 is 0.361 bits per heavy atom. The van der Waals surface area contributed by atoms with E-state index in [2.05, 4.69) is 100.0 Å².